The molecular formula is C5H11B. The zero-order chi connectivity index (χ0) is 4.57. The first-order valence-corrected chi connectivity index (χ1v) is 2.80. The summed E-state index contributed by atoms with van der Waals surface area (Å²) in [5.74, 6) is 1.10. The van der Waals surface area contributed by atoms with E-state index < -0.39 is 0 Å². The molecule has 0 radical (unpaired) electrons. The maximum absolute atomic E-state index is 2.30. The van der Waals surface area contributed by atoms with Crippen LogP contribution in [0, 0.1) is 0 Å². The van der Waals surface area contributed by atoms with Crippen LogP contribution in [0.15, 0.2) is 0 Å². The molecule has 1 aliphatic rings. The molecule has 0 aromatic heterocycles. The molecule has 6 heavy (non-hydrogen) atoms. The van der Waals surface area contributed by atoms with Gasteiger partial charge in [-0.05, 0) is 0 Å². The molecule has 0 amide bonds. The van der Waals surface area contributed by atoms with Crippen molar-refractivity contribution in [2.24, 2.45) is 0 Å². The van der Waals surface area contributed by atoms with E-state index in [1.807, 2.05) is 0 Å². The summed E-state index contributed by atoms with van der Waals surface area (Å²) < 4.78 is 0. The Labute approximate surface area is 40.0 Å². The minimum Gasteiger partial charge on any atom is -0.0861 e. The Bertz CT molecular complexity index is 45.9. The van der Waals surface area contributed by atoms with Gasteiger partial charge in [-0.15, -0.1) is 0 Å². The quantitative estimate of drug-likeness (QED) is 0.424. The van der Waals surface area contributed by atoms with Crippen molar-refractivity contribution in [3.63, 3.8) is 0 Å². The third-order valence-corrected chi connectivity index (χ3v) is 1.56. The molecule has 0 aromatic rings. The van der Waals surface area contributed by atoms with Gasteiger partial charge in [0.1, 0.15) is 6.71 Å². The number of hydrogen-bond donors (Lipinski definition) is 0. The van der Waals surface area contributed by atoms with Gasteiger partial charge in [-0.2, -0.15) is 0 Å². The van der Waals surface area contributed by atoms with E-state index in [0.717, 1.165) is 12.5 Å². The van der Waals surface area contributed by atoms with Crippen LogP contribution in [-0.2, 0) is 0 Å². The molecule has 1 saturated carbocycles. The van der Waals surface area contributed by atoms with Crippen LogP contribution in [0.25, 0.3) is 0 Å². The van der Waals surface area contributed by atoms with Crippen LogP contribution in [-0.4, -0.2) is 6.71 Å². The SMILES string of the molecule is CB(C)C1CC1. The van der Waals surface area contributed by atoms with Gasteiger partial charge in [-0.3, -0.25) is 0 Å². The molecule has 0 N–H and O–H groups in total. The summed E-state index contributed by atoms with van der Waals surface area (Å²) in [4.78, 5) is 0. The summed E-state index contributed by atoms with van der Waals surface area (Å²) in [6.45, 7) is 5.57. The summed E-state index contributed by atoms with van der Waals surface area (Å²) in [5, 5.41) is 0. The Morgan fingerprint density at radius 3 is 1.83 bits per heavy atom. The lowest BCUT2D eigenvalue weighted by Gasteiger charge is -1.88. The van der Waals surface area contributed by atoms with E-state index in [4.69, 9.17) is 0 Å². The maximum Gasteiger partial charge on any atom is 0.136 e. The van der Waals surface area contributed by atoms with Crippen molar-refractivity contribution < 1.29 is 0 Å². The van der Waals surface area contributed by atoms with Gasteiger partial charge < -0.3 is 0 Å². The van der Waals surface area contributed by atoms with E-state index in [-0.39, 0.29) is 0 Å². The van der Waals surface area contributed by atoms with Gasteiger partial charge in [0.2, 0.25) is 0 Å². The molecule has 1 heteroatoms. The molecule has 0 aliphatic heterocycles. The van der Waals surface area contributed by atoms with Gasteiger partial charge in [-0.1, -0.05) is 32.3 Å². The van der Waals surface area contributed by atoms with Crippen molar-refractivity contribution in [3.05, 3.63) is 0 Å². The zero-order valence-electron chi connectivity index (χ0n) is 4.57. The van der Waals surface area contributed by atoms with Gasteiger partial charge in [0.05, 0.1) is 0 Å². The smallest absolute Gasteiger partial charge is 0.0861 e. The van der Waals surface area contributed by atoms with Crippen LogP contribution in [0.5, 0.6) is 0 Å². The Morgan fingerprint density at radius 1 is 1.33 bits per heavy atom. The van der Waals surface area contributed by atoms with Crippen molar-refractivity contribution in [1.29, 1.82) is 0 Å². The second-order valence-electron chi connectivity index (χ2n) is 2.58. The summed E-state index contributed by atoms with van der Waals surface area (Å²) in [6, 6.07) is 0. The molecule has 1 aliphatic carbocycles. The van der Waals surface area contributed by atoms with Crippen molar-refractivity contribution in [2.45, 2.75) is 32.3 Å². The van der Waals surface area contributed by atoms with Gasteiger partial charge in [-0.25, -0.2) is 0 Å². The first-order valence-electron chi connectivity index (χ1n) is 2.80. The zero-order valence-corrected chi connectivity index (χ0v) is 4.57. The normalized spacial score (nSPS) is 21.0. The Kier molecular flexibility index (Phi) is 0.907. The number of rotatable bonds is 1. The van der Waals surface area contributed by atoms with Crippen LogP contribution in [0.2, 0.25) is 19.5 Å². The second kappa shape index (κ2) is 1.29. The minimum atomic E-state index is 0.963. The molecule has 0 bridgehead atoms. The molecule has 1 rings (SSSR count). The lowest BCUT2D eigenvalue weighted by atomic mass is 9.50. The molecule has 1 fully saturated rings. The third kappa shape index (κ3) is 0.765. The van der Waals surface area contributed by atoms with E-state index >= 15 is 0 Å². The van der Waals surface area contributed by atoms with Gasteiger partial charge in [0.25, 0.3) is 0 Å². The summed E-state index contributed by atoms with van der Waals surface area (Å²) in [7, 11) is 0. The van der Waals surface area contributed by atoms with E-state index in [9.17, 15) is 0 Å². The summed E-state index contributed by atoms with van der Waals surface area (Å²) in [6.07, 6.45) is 3.00. The van der Waals surface area contributed by atoms with E-state index in [1.165, 1.54) is 12.8 Å². The molecule has 0 saturated heterocycles. The summed E-state index contributed by atoms with van der Waals surface area (Å²) >= 11 is 0. The Morgan fingerprint density at radius 2 is 1.83 bits per heavy atom. The van der Waals surface area contributed by atoms with Crippen LogP contribution in [0.3, 0.4) is 0 Å². The predicted octanol–water partition coefficient (Wildman–Crippen LogP) is 1.90. The average Bonchev–Trinajstić information content (AvgIpc) is 2.06. The van der Waals surface area contributed by atoms with E-state index in [0.29, 0.717) is 0 Å². The van der Waals surface area contributed by atoms with Gasteiger partial charge >= 0.3 is 0 Å². The van der Waals surface area contributed by atoms with Crippen molar-refractivity contribution >= 4 is 6.71 Å². The van der Waals surface area contributed by atoms with Crippen LogP contribution < -0.4 is 0 Å². The molecule has 0 unspecified atom stereocenters. The summed E-state index contributed by atoms with van der Waals surface area (Å²) in [5.41, 5.74) is 0. The highest BCUT2D eigenvalue weighted by Crippen LogP contribution is 2.38. The van der Waals surface area contributed by atoms with E-state index in [1.54, 1.807) is 0 Å². The monoisotopic (exact) mass is 82.1 g/mol. The van der Waals surface area contributed by atoms with Gasteiger partial charge in [0, 0.05) is 0 Å². The Hall–Kier alpha value is 0.0649. The molecule has 0 nitrogen and oxygen atoms in total. The molecule has 34 valence electrons. The number of hydrogen-bond acceptors (Lipinski definition) is 0. The van der Waals surface area contributed by atoms with E-state index in [2.05, 4.69) is 13.6 Å². The highest BCUT2D eigenvalue weighted by atomic mass is 14.2. The Balaban J connectivity index is 2.13. The molecule has 0 spiro atoms. The lowest BCUT2D eigenvalue weighted by molar-refractivity contribution is 1.39. The highest BCUT2D eigenvalue weighted by Gasteiger charge is 2.26. The fraction of sp³-hybridized carbons (Fsp3) is 1.00. The average molecular weight is 82.0 g/mol. The van der Waals surface area contributed by atoms with Crippen molar-refractivity contribution in [1.82, 2.24) is 0 Å². The largest absolute Gasteiger partial charge is 0.136 e. The maximum atomic E-state index is 2.30. The van der Waals surface area contributed by atoms with Crippen LogP contribution in [0.1, 0.15) is 12.8 Å². The predicted molar refractivity (Wildman–Crippen MR) is 30.5 cm³/mol. The molecular weight excluding hydrogens is 70.9 g/mol. The molecule has 0 atom stereocenters. The standard InChI is InChI=1S/C5H11B/c1-6(2)5-3-4-5/h5H,3-4H2,1-2H3. The second-order valence-corrected chi connectivity index (χ2v) is 2.58. The minimum absolute atomic E-state index is 0.963. The van der Waals surface area contributed by atoms with Crippen LogP contribution >= 0.6 is 0 Å². The fourth-order valence-corrected chi connectivity index (χ4v) is 0.763. The lowest BCUT2D eigenvalue weighted by Crippen LogP contribution is -1.96. The van der Waals surface area contributed by atoms with Gasteiger partial charge in [0.15, 0.2) is 0 Å². The molecule has 0 aromatic carbocycles. The fourth-order valence-electron chi connectivity index (χ4n) is 0.763. The van der Waals surface area contributed by atoms with Crippen LogP contribution in [0.4, 0.5) is 0 Å². The van der Waals surface area contributed by atoms with Crippen molar-refractivity contribution in [2.75, 3.05) is 0 Å². The first kappa shape index (κ1) is 4.23. The topological polar surface area (TPSA) is 0 Å². The third-order valence-electron chi connectivity index (χ3n) is 1.56. The highest BCUT2D eigenvalue weighted by molar-refractivity contribution is 6.58. The first-order chi connectivity index (χ1) is 2.80. The van der Waals surface area contributed by atoms with Crippen molar-refractivity contribution in [3.8, 4) is 0 Å². The molecule has 0 heterocycles.